The quantitative estimate of drug-likeness (QED) is 0.783. The van der Waals surface area contributed by atoms with E-state index in [1.807, 2.05) is 25.1 Å². The molecule has 104 valence electrons. The standard InChI is InChI=1S/C15H12BrCl2NO/c1-9(13-7-6-12(17)8-14(13)18)19-15(20)10-2-4-11(16)5-3-10/h2-9H,1H3,(H,19,20). The zero-order chi connectivity index (χ0) is 14.7. The molecule has 2 rings (SSSR count). The van der Waals surface area contributed by atoms with Crippen molar-refractivity contribution in [3.05, 3.63) is 68.1 Å². The van der Waals surface area contributed by atoms with Gasteiger partial charge in [-0.25, -0.2) is 0 Å². The molecule has 2 aromatic rings. The third-order valence-corrected chi connectivity index (χ3v) is 3.97. The first-order valence-electron chi connectivity index (χ1n) is 5.99. The van der Waals surface area contributed by atoms with Crippen LogP contribution in [0.3, 0.4) is 0 Å². The summed E-state index contributed by atoms with van der Waals surface area (Å²) in [5, 5.41) is 4.03. The van der Waals surface area contributed by atoms with Crippen LogP contribution in [0.1, 0.15) is 28.9 Å². The lowest BCUT2D eigenvalue weighted by atomic mass is 10.1. The molecule has 1 N–H and O–H groups in total. The number of benzene rings is 2. The van der Waals surface area contributed by atoms with Crippen LogP contribution in [-0.4, -0.2) is 5.91 Å². The smallest absolute Gasteiger partial charge is 0.251 e. The van der Waals surface area contributed by atoms with Crippen LogP contribution in [0.5, 0.6) is 0 Å². The van der Waals surface area contributed by atoms with E-state index < -0.39 is 0 Å². The molecule has 0 aliphatic heterocycles. The average molecular weight is 373 g/mol. The third kappa shape index (κ3) is 3.75. The van der Waals surface area contributed by atoms with Gasteiger partial charge in [0.2, 0.25) is 0 Å². The molecule has 1 atom stereocenters. The molecule has 5 heteroatoms. The number of amides is 1. The summed E-state index contributed by atoms with van der Waals surface area (Å²) >= 11 is 15.3. The molecular formula is C15H12BrCl2NO. The molecule has 2 aromatic carbocycles. The maximum atomic E-state index is 12.1. The topological polar surface area (TPSA) is 29.1 Å². The Bertz CT molecular complexity index is 628. The van der Waals surface area contributed by atoms with Crippen LogP contribution in [0.4, 0.5) is 0 Å². The summed E-state index contributed by atoms with van der Waals surface area (Å²) in [5.74, 6) is -0.143. The van der Waals surface area contributed by atoms with Crippen LogP contribution >= 0.6 is 39.1 Å². The van der Waals surface area contributed by atoms with E-state index in [0.29, 0.717) is 15.6 Å². The number of carbonyl (C=O) groups excluding carboxylic acids is 1. The number of rotatable bonds is 3. The fourth-order valence-electron chi connectivity index (χ4n) is 1.81. The summed E-state index contributed by atoms with van der Waals surface area (Å²) in [4.78, 5) is 12.1. The highest BCUT2D eigenvalue weighted by atomic mass is 79.9. The Labute approximate surface area is 136 Å². The van der Waals surface area contributed by atoms with Crippen molar-refractivity contribution >= 4 is 45.0 Å². The van der Waals surface area contributed by atoms with Gasteiger partial charge in [0.05, 0.1) is 6.04 Å². The van der Waals surface area contributed by atoms with Gasteiger partial charge in [0.1, 0.15) is 0 Å². The van der Waals surface area contributed by atoms with Gasteiger partial charge in [-0.05, 0) is 48.9 Å². The molecule has 1 amide bonds. The fourth-order valence-corrected chi connectivity index (χ4v) is 2.65. The zero-order valence-electron chi connectivity index (χ0n) is 10.7. The minimum Gasteiger partial charge on any atom is -0.345 e. The molecule has 2 nitrogen and oxygen atoms in total. The van der Waals surface area contributed by atoms with Crippen LogP contribution in [0.25, 0.3) is 0 Å². The van der Waals surface area contributed by atoms with Gasteiger partial charge in [-0.2, -0.15) is 0 Å². The predicted molar refractivity (Wildman–Crippen MR) is 86.5 cm³/mol. The highest BCUT2D eigenvalue weighted by molar-refractivity contribution is 9.10. The summed E-state index contributed by atoms with van der Waals surface area (Å²) < 4.78 is 0.933. The number of halogens is 3. The average Bonchev–Trinajstić information content (AvgIpc) is 2.39. The van der Waals surface area contributed by atoms with Gasteiger partial charge in [-0.3, -0.25) is 4.79 Å². The zero-order valence-corrected chi connectivity index (χ0v) is 13.8. The lowest BCUT2D eigenvalue weighted by Gasteiger charge is -2.16. The van der Waals surface area contributed by atoms with Gasteiger partial charge >= 0.3 is 0 Å². The summed E-state index contributed by atoms with van der Waals surface area (Å²) in [5.41, 5.74) is 1.44. The fraction of sp³-hybridized carbons (Fsp3) is 0.133. The molecule has 0 aliphatic carbocycles. The van der Waals surface area contributed by atoms with Crippen LogP contribution in [0.2, 0.25) is 10.0 Å². The first-order valence-corrected chi connectivity index (χ1v) is 7.53. The maximum absolute atomic E-state index is 12.1. The highest BCUT2D eigenvalue weighted by Gasteiger charge is 2.14. The van der Waals surface area contributed by atoms with E-state index >= 15 is 0 Å². The monoisotopic (exact) mass is 371 g/mol. The van der Waals surface area contributed by atoms with E-state index in [-0.39, 0.29) is 11.9 Å². The van der Waals surface area contributed by atoms with Crippen molar-refractivity contribution in [1.82, 2.24) is 5.32 Å². The minimum atomic E-state index is -0.198. The van der Waals surface area contributed by atoms with Gasteiger partial charge in [0, 0.05) is 20.1 Å². The van der Waals surface area contributed by atoms with Gasteiger partial charge in [0.25, 0.3) is 5.91 Å². The molecule has 0 heterocycles. The molecule has 0 saturated heterocycles. The lowest BCUT2D eigenvalue weighted by molar-refractivity contribution is 0.0940. The van der Waals surface area contributed by atoms with E-state index in [1.54, 1.807) is 24.3 Å². The molecule has 20 heavy (non-hydrogen) atoms. The number of hydrogen-bond donors (Lipinski definition) is 1. The Morgan fingerprint density at radius 1 is 1.15 bits per heavy atom. The van der Waals surface area contributed by atoms with Crippen LogP contribution in [0, 0.1) is 0 Å². The Hall–Kier alpha value is -1.03. The van der Waals surface area contributed by atoms with Gasteiger partial charge in [0.15, 0.2) is 0 Å². The molecular weight excluding hydrogens is 361 g/mol. The van der Waals surface area contributed by atoms with Crippen molar-refractivity contribution < 1.29 is 4.79 Å². The molecule has 0 aliphatic rings. The molecule has 0 bridgehead atoms. The second kappa shape index (κ2) is 6.61. The first-order chi connectivity index (χ1) is 9.47. The van der Waals surface area contributed by atoms with E-state index in [0.717, 1.165) is 10.0 Å². The van der Waals surface area contributed by atoms with Gasteiger partial charge in [-0.1, -0.05) is 45.2 Å². The Balaban J connectivity index is 2.12. The normalized spacial score (nSPS) is 12.0. The van der Waals surface area contributed by atoms with Crippen molar-refractivity contribution in [2.45, 2.75) is 13.0 Å². The number of hydrogen-bond acceptors (Lipinski definition) is 1. The Morgan fingerprint density at radius 3 is 2.40 bits per heavy atom. The van der Waals surface area contributed by atoms with E-state index in [9.17, 15) is 4.79 Å². The molecule has 1 unspecified atom stereocenters. The van der Waals surface area contributed by atoms with Crippen LogP contribution in [-0.2, 0) is 0 Å². The van der Waals surface area contributed by atoms with Crippen molar-refractivity contribution in [2.24, 2.45) is 0 Å². The SMILES string of the molecule is CC(NC(=O)c1ccc(Br)cc1)c1ccc(Cl)cc1Cl. The second-order valence-electron chi connectivity index (χ2n) is 4.37. The minimum absolute atomic E-state index is 0.143. The Morgan fingerprint density at radius 2 is 1.80 bits per heavy atom. The summed E-state index contributed by atoms with van der Waals surface area (Å²) in [6.07, 6.45) is 0. The number of carbonyl (C=O) groups is 1. The van der Waals surface area contributed by atoms with Crippen LogP contribution < -0.4 is 5.32 Å². The first kappa shape index (κ1) is 15.4. The summed E-state index contributed by atoms with van der Waals surface area (Å²) in [6, 6.07) is 12.2. The highest BCUT2D eigenvalue weighted by Crippen LogP contribution is 2.26. The van der Waals surface area contributed by atoms with E-state index in [4.69, 9.17) is 23.2 Å². The van der Waals surface area contributed by atoms with Gasteiger partial charge in [-0.15, -0.1) is 0 Å². The van der Waals surface area contributed by atoms with Crippen molar-refractivity contribution in [2.75, 3.05) is 0 Å². The largest absolute Gasteiger partial charge is 0.345 e. The lowest BCUT2D eigenvalue weighted by Crippen LogP contribution is -2.26. The van der Waals surface area contributed by atoms with E-state index in [2.05, 4.69) is 21.2 Å². The van der Waals surface area contributed by atoms with Crippen molar-refractivity contribution in [1.29, 1.82) is 0 Å². The molecule has 0 spiro atoms. The molecule has 0 aromatic heterocycles. The third-order valence-electron chi connectivity index (χ3n) is 2.88. The molecule has 0 radical (unpaired) electrons. The van der Waals surface area contributed by atoms with Crippen LogP contribution in [0.15, 0.2) is 46.9 Å². The number of nitrogens with one attached hydrogen (secondary N) is 1. The van der Waals surface area contributed by atoms with Crippen molar-refractivity contribution in [3.8, 4) is 0 Å². The van der Waals surface area contributed by atoms with E-state index in [1.165, 1.54) is 0 Å². The van der Waals surface area contributed by atoms with Gasteiger partial charge < -0.3 is 5.32 Å². The Kier molecular flexibility index (Phi) is 5.08. The maximum Gasteiger partial charge on any atom is 0.251 e. The summed E-state index contributed by atoms with van der Waals surface area (Å²) in [7, 11) is 0. The molecule has 0 saturated carbocycles. The predicted octanol–water partition coefficient (Wildman–Crippen LogP) is 5.25. The van der Waals surface area contributed by atoms with Crippen molar-refractivity contribution in [3.63, 3.8) is 0 Å². The molecule has 0 fully saturated rings. The second-order valence-corrected chi connectivity index (χ2v) is 6.13. The summed E-state index contributed by atoms with van der Waals surface area (Å²) in [6.45, 7) is 1.88.